The Morgan fingerprint density at radius 2 is 1.78 bits per heavy atom. The third-order valence-corrected chi connectivity index (χ3v) is 2.06. The van der Waals surface area contributed by atoms with Crippen LogP contribution in [0.5, 0.6) is 0 Å². The average molecular weight is 257 g/mol. The van der Waals surface area contributed by atoms with Crippen LogP contribution in [0.2, 0.25) is 0 Å². The molecule has 0 atom stereocenters. The Kier molecular flexibility index (Phi) is 5.19. The van der Waals surface area contributed by atoms with Gasteiger partial charge in [0.05, 0.1) is 6.54 Å². The van der Waals surface area contributed by atoms with Crippen molar-refractivity contribution in [2.75, 3.05) is 13.1 Å². The number of rotatable bonds is 5. The maximum atomic E-state index is 12.8. The third-order valence-electron chi connectivity index (χ3n) is 2.06. The monoisotopic (exact) mass is 257 g/mol. The fourth-order valence-corrected chi connectivity index (χ4v) is 1.37. The Morgan fingerprint density at radius 1 is 1.17 bits per heavy atom. The minimum Gasteiger partial charge on any atom is -0.351 e. The van der Waals surface area contributed by atoms with Gasteiger partial charge in [0.2, 0.25) is 5.91 Å². The number of carbonyl (C=O) groups is 2. The van der Waals surface area contributed by atoms with Crippen molar-refractivity contribution in [1.82, 2.24) is 10.6 Å². The Bertz CT molecular complexity index is 432. The highest BCUT2D eigenvalue weighted by Gasteiger charge is 2.04. The molecule has 5 nitrogen and oxygen atoms in total. The molecule has 18 heavy (non-hydrogen) atoms. The molecule has 1 aromatic carbocycles. The number of primary amides is 1. The second-order valence-electron chi connectivity index (χ2n) is 3.62. The molecule has 7 heteroatoms. The Morgan fingerprint density at radius 3 is 2.33 bits per heavy atom. The fraction of sp³-hybridized carbons (Fsp3) is 0.273. The van der Waals surface area contributed by atoms with E-state index >= 15 is 0 Å². The van der Waals surface area contributed by atoms with Crippen LogP contribution in [0.1, 0.15) is 5.56 Å². The Hall–Kier alpha value is -2.02. The molecule has 0 saturated heterocycles. The summed E-state index contributed by atoms with van der Waals surface area (Å²) < 4.78 is 25.7. The van der Waals surface area contributed by atoms with E-state index in [2.05, 4.69) is 5.32 Å². The van der Waals surface area contributed by atoms with Crippen LogP contribution in [0.3, 0.4) is 0 Å². The molecule has 4 N–H and O–H groups in total. The van der Waals surface area contributed by atoms with E-state index in [1.54, 1.807) is 0 Å². The number of benzene rings is 1. The average Bonchev–Trinajstić information content (AvgIpc) is 2.22. The van der Waals surface area contributed by atoms with Gasteiger partial charge in [0.25, 0.3) is 0 Å². The normalized spacial score (nSPS) is 10.1. The molecule has 0 aliphatic rings. The highest BCUT2D eigenvalue weighted by molar-refractivity contribution is 5.94. The van der Waals surface area contributed by atoms with Crippen molar-refractivity contribution in [1.29, 1.82) is 0 Å². The van der Waals surface area contributed by atoms with E-state index in [-0.39, 0.29) is 6.54 Å². The van der Waals surface area contributed by atoms with E-state index < -0.39 is 23.6 Å². The number of carbonyl (C=O) groups excluding carboxylic acids is 2. The quantitative estimate of drug-likeness (QED) is 0.663. The first-order valence-corrected chi connectivity index (χ1v) is 5.22. The zero-order valence-electron chi connectivity index (χ0n) is 9.50. The van der Waals surface area contributed by atoms with Gasteiger partial charge >= 0.3 is 6.03 Å². The van der Waals surface area contributed by atoms with Gasteiger partial charge in [0, 0.05) is 6.07 Å². The van der Waals surface area contributed by atoms with Crippen LogP contribution in [0.15, 0.2) is 18.2 Å². The van der Waals surface area contributed by atoms with Gasteiger partial charge in [-0.3, -0.25) is 10.1 Å². The van der Waals surface area contributed by atoms with Crippen molar-refractivity contribution in [3.8, 4) is 0 Å². The van der Waals surface area contributed by atoms with Crippen LogP contribution >= 0.6 is 0 Å². The van der Waals surface area contributed by atoms with Gasteiger partial charge in [-0.25, -0.2) is 13.6 Å². The van der Waals surface area contributed by atoms with Crippen LogP contribution < -0.4 is 16.4 Å². The zero-order chi connectivity index (χ0) is 13.5. The molecule has 0 aromatic heterocycles. The molecule has 1 aromatic rings. The fourth-order valence-electron chi connectivity index (χ4n) is 1.37. The molecule has 0 bridgehead atoms. The van der Waals surface area contributed by atoms with Crippen LogP contribution in [-0.2, 0) is 11.2 Å². The van der Waals surface area contributed by atoms with E-state index in [9.17, 15) is 18.4 Å². The van der Waals surface area contributed by atoms with Crippen LogP contribution in [-0.4, -0.2) is 25.0 Å². The summed E-state index contributed by atoms with van der Waals surface area (Å²) in [5.41, 5.74) is 5.22. The van der Waals surface area contributed by atoms with Gasteiger partial charge in [-0.05, 0) is 30.7 Å². The van der Waals surface area contributed by atoms with Crippen molar-refractivity contribution in [2.24, 2.45) is 5.73 Å². The summed E-state index contributed by atoms with van der Waals surface area (Å²) in [4.78, 5) is 21.3. The molecular weight excluding hydrogens is 244 g/mol. The third kappa shape index (κ3) is 5.35. The summed E-state index contributed by atoms with van der Waals surface area (Å²) in [6, 6.07) is 2.30. The van der Waals surface area contributed by atoms with E-state index in [4.69, 9.17) is 5.73 Å². The van der Waals surface area contributed by atoms with Crippen molar-refractivity contribution in [3.05, 3.63) is 35.4 Å². The van der Waals surface area contributed by atoms with Crippen LogP contribution in [0.4, 0.5) is 13.6 Å². The number of urea groups is 1. The lowest BCUT2D eigenvalue weighted by Crippen LogP contribution is -2.40. The topological polar surface area (TPSA) is 84.2 Å². The smallest absolute Gasteiger partial charge is 0.318 e. The lowest BCUT2D eigenvalue weighted by atomic mass is 10.1. The van der Waals surface area contributed by atoms with Gasteiger partial charge in [-0.1, -0.05) is 0 Å². The standard InChI is InChI=1S/C11H13F2N3O2/c12-8-3-7(4-9(13)5-8)1-2-15-6-10(17)16-11(14)18/h3-5,15H,1-2,6H2,(H3,14,16,17,18). The van der Waals surface area contributed by atoms with Gasteiger partial charge in [0.1, 0.15) is 11.6 Å². The van der Waals surface area contributed by atoms with Gasteiger partial charge in [0.15, 0.2) is 0 Å². The van der Waals surface area contributed by atoms with E-state index in [1.165, 1.54) is 12.1 Å². The molecule has 0 aliphatic carbocycles. The lowest BCUT2D eigenvalue weighted by molar-refractivity contribution is -0.119. The van der Waals surface area contributed by atoms with E-state index in [0.717, 1.165) is 6.07 Å². The molecular formula is C11H13F2N3O2. The Labute approximate surface area is 102 Å². The number of imide groups is 1. The van der Waals surface area contributed by atoms with Crippen molar-refractivity contribution >= 4 is 11.9 Å². The van der Waals surface area contributed by atoms with Gasteiger partial charge < -0.3 is 11.1 Å². The predicted octanol–water partition coefficient (Wildman–Crippen LogP) is 0.292. The van der Waals surface area contributed by atoms with Crippen molar-refractivity contribution < 1.29 is 18.4 Å². The van der Waals surface area contributed by atoms with E-state index in [1.807, 2.05) is 5.32 Å². The van der Waals surface area contributed by atoms with Crippen molar-refractivity contribution in [3.63, 3.8) is 0 Å². The van der Waals surface area contributed by atoms with Gasteiger partial charge in [-0.2, -0.15) is 0 Å². The number of hydrogen-bond acceptors (Lipinski definition) is 3. The highest BCUT2D eigenvalue weighted by Crippen LogP contribution is 2.07. The summed E-state index contributed by atoms with van der Waals surface area (Å²) in [5, 5.41) is 4.59. The molecule has 0 heterocycles. The number of amides is 3. The summed E-state index contributed by atoms with van der Waals surface area (Å²) in [7, 11) is 0. The van der Waals surface area contributed by atoms with Crippen LogP contribution in [0.25, 0.3) is 0 Å². The molecule has 0 radical (unpaired) electrons. The summed E-state index contributed by atoms with van der Waals surface area (Å²) in [6.45, 7) is 0.246. The SMILES string of the molecule is NC(=O)NC(=O)CNCCc1cc(F)cc(F)c1. The van der Waals surface area contributed by atoms with Crippen molar-refractivity contribution in [2.45, 2.75) is 6.42 Å². The molecule has 0 aliphatic heterocycles. The molecule has 0 fully saturated rings. The first-order valence-electron chi connectivity index (χ1n) is 5.22. The molecule has 1 rings (SSSR count). The van der Waals surface area contributed by atoms with Gasteiger partial charge in [-0.15, -0.1) is 0 Å². The summed E-state index contributed by atoms with van der Waals surface area (Å²) in [5.74, 6) is -1.85. The second kappa shape index (κ2) is 6.65. The minimum atomic E-state index is -0.922. The predicted molar refractivity (Wildman–Crippen MR) is 60.7 cm³/mol. The number of halogens is 2. The van der Waals surface area contributed by atoms with Crippen LogP contribution in [0, 0.1) is 11.6 Å². The minimum absolute atomic E-state index is 0.0965. The highest BCUT2D eigenvalue weighted by atomic mass is 19.1. The molecule has 0 unspecified atom stereocenters. The molecule has 3 amide bonds. The first kappa shape index (κ1) is 14.0. The largest absolute Gasteiger partial charge is 0.351 e. The maximum Gasteiger partial charge on any atom is 0.318 e. The summed E-state index contributed by atoms with van der Waals surface area (Å²) in [6.07, 6.45) is 0.360. The molecule has 0 saturated carbocycles. The number of nitrogens with one attached hydrogen (secondary N) is 2. The summed E-state index contributed by atoms with van der Waals surface area (Å²) >= 11 is 0. The Balaban J connectivity index is 2.29. The lowest BCUT2D eigenvalue weighted by Gasteiger charge is -2.05. The second-order valence-corrected chi connectivity index (χ2v) is 3.62. The maximum absolute atomic E-state index is 12.8. The number of nitrogens with two attached hydrogens (primary N) is 1. The molecule has 0 spiro atoms. The first-order chi connectivity index (χ1) is 8.47. The molecule has 98 valence electrons. The number of hydrogen-bond donors (Lipinski definition) is 3. The van der Waals surface area contributed by atoms with E-state index in [0.29, 0.717) is 18.5 Å². The zero-order valence-corrected chi connectivity index (χ0v) is 9.50.